The van der Waals surface area contributed by atoms with Gasteiger partial charge in [0.25, 0.3) is 5.91 Å². The Kier molecular flexibility index (Phi) is 5.52. The van der Waals surface area contributed by atoms with E-state index in [0.717, 1.165) is 18.2 Å². The summed E-state index contributed by atoms with van der Waals surface area (Å²) in [6.07, 6.45) is 2.12. The van der Waals surface area contributed by atoms with Crippen LogP contribution in [-0.2, 0) is 0 Å². The monoisotopic (exact) mass is 288 g/mol. The minimum absolute atomic E-state index is 0.162. The molecular formula is C11H17BrN2O2. The van der Waals surface area contributed by atoms with Crippen LogP contribution in [0.25, 0.3) is 0 Å². The van der Waals surface area contributed by atoms with Crippen LogP contribution in [-0.4, -0.2) is 22.9 Å². The number of aromatic nitrogens is 1. The zero-order chi connectivity index (χ0) is 12.0. The Morgan fingerprint density at radius 3 is 2.94 bits per heavy atom. The summed E-state index contributed by atoms with van der Waals surface area (Å²) in [5.74, 6) is 0.999. The molecule has 1 heterocycles. The quantitative estimate of drug-likeness (QED) is 0.819. The molecule has 0 fully saturated rings. The molecule has 0 radical (unpaired) electrons. The smallest absolute Gasteiger partial charge is 0.273 e. The number of amides is 1. The Balaban J connectivity index is 2.40. The number of halogens is 1. The molecule has 0 aliphatic rings. The second kappa shape index (κ2) is 6.68. The van der Waals surface area contributed by atoms with Gasteiger partial charge in [0.15, 0.2) is 5.69 Å². The number of hydrogen-bond donors (Lipinski definition) is 1. The maximum atomic E-state index is 11.6. The first-order chi connectivity index (χ1) is 7.67. The number of rotatable bonds is 6. The predicted molar refractivity (Wildman–Crippen MR) is 65.8 cm³/mol. The van der Waals surface area contributed by atoms with Crippen LogP contribution in [0.2, 0.25) is 0 Å². The molecule has 90 valence electrons. The first kappa shape index (κ1) is 13.2. The molecule has 1 aromatic rings. The maximum absolute atomic E-state index is 11.6. The molecule has 0 spiro atoms. The van der Waals surface area contributed by atoms with Crippen LogP contribution in [0, 0.1) is 12.8 Å². The van der Waals surface area contributed by atoms with Gasteiger partial charge in [-0.25, -0.2) is 0 Å². The van der Waals surface area contributed by atoms with Crippen molar-refractivity contribution in [1.82, 2.24) is 10.5 Å². The second-order valence-corrected chi connectivity index (χ2v) is 4.58. The molecule has 1 rings (SSSR count). The van der Waals surface area contributed by atoms with Gasteiger partial charge in [-0.2, -0.15) is 0 Å². The lowest BCUT2D eigenvalue weighted by Gasteiger charge is -2.13. The van der Waals surface area contributed by atoms with Crippen molar-refractivity contribution in [2.75, 3.05) is 11.9 Å². The number of aryl methyl sites for hydroxylation is 1. The molecule has 5 heteroatoms. The highest BCUT2D eigenvalue weighted by atomic mass is 79.9. The number of hydrogen-bond acceptors (Lipinski definition) is 3. The molecule has 1 amide bonds. The highest BCUT2D eigenvalue weighted by molar-refractivity contribution is 9.09. The number of carbonyl (C=O) groups is 1. The summed E-state index contributed by atoms with van der Waals surface area (Å²) in [4.78, 5) is 11.6. The molecule has 0 bridgehead atoms. The number of nitrogens with zero attached hydrogens (tertiary/aromatic N) is 1. The van der Waals surface area contributed by atoms with Crippen molar-refractivity contribution < 1.29 is 9.32 Å². The molecule has 0 aliphatic carbocycles. The van der Waals surface area contributed by atoms with Crippen molar-refractivity contribution in [1.29, 1.82) is 0 Å². The van der Waals surface area contributed by atoms with Crippen LogP contribution in [0.15, 0.2) is 10.6 Å². The third-order valence-corrected chi connectivity index (χ3v) is 2.96. The maximum Gasteiger partial charge on any atom is 0.273 e. The van der Waals surface area contributed by atoms with Gasteiger partial charge in [0.2, 0.25) is 0 Å². The van der Waals surface area contributed by atoms with Crippen LogP contribution in [0.4, 0.5) is 0 Å². The lowest BCUT2D eigenvalue weighted by Crippen LogP contribution is -2.29. The first-order valence-electron chi connectivity index (χ1n) is 5.44. The van der Waals surface area contributed by atoms with Crippen molar-refractivity contribution in [2.45, 2.75) is 26.7 Å². The largest absolute Gasteiger partial charge is 0.361 e. The number of alkyl halides is 1. The molecule has 0 aromatic carbocycles. The van der Waals surface area contributed by atoms with Crippen molar-refractivity contribution in [3.05, 3.63) is 17.5 Å². The molecule has 1 aromatic heterocycles. The Hall–Kier alpha value is -0.840. The minimum atomic E-state index is -0.162. The second-order valence-electron chi connectivity index (χ2n) is 3.78. The highest BCUT2D eigenvalue weighted by Gasteiger charge is 2.12. The van der Waals surface area contributed by atoms with Crippen molar-refractivity contribution in [3.63, 3.8) is 0 Å². The van der Waals surface area contributed by atoms with E-state index in [0.29, 0.717) is 23.9 Å². The zero-order valence-corrected chi connectivity index (χ0v) is 11.2. The van der Waals surface area contributed by atoms with Gasteiger partial charge < -0.3 is 9.84 Å². The molecule has 4 nitrogen and oxygen atoms in total. The third-order valence-electron chi connectivity index (χ3n) is 2.51. The minimum Gasteiger partial charge on any atom is -0.361 e. The van der Waals surface area contributed by atoms with Gasteiger partial charge >= 0.3 is 0 Å². The van der Waals surface area contributed by atoms with Crippen LogP contribution in [0.1, 0.15) is 36.0 Å². The van der Waals surface area contributed by atoms with Crippen LogP contribution in [0.5, 0.6) is 0 Å². The van der Waals surface area contributed by atoms with Gasteiger partial charge in [-0.1, -0.05) is 34.4 Å². The van der Waals surface area contributed by atoms with E-state index in [1.54, 1.807) is 13.0 Å². The van der Waals surface area contributed by atoms with Gasteiger partial charge in [0.05, 0.1) is 0 Å². The van der Waals surface area contributed by atoms with E-state index in [1.807, 2.05) is 0 Å². The molecule has 0 aliphatic heterocycles. The topological polar surface area (TPSA) is 55.1 Å². The van der Waals surface area contributed by atoms with E-state index >= 15 is 0 Å². The highest BCUT2D eigenvalue weighted by Crippen LogP contribution is 2.09. The standard InChI is InChI=1S/C11H17BrN2O2/c1-3-9(4-5-12)7-13-11(15)10-6-8(2)16-14-10/h6,9H,3-5,7H2,1-2H3,(H,13,15). The van der Waals surface area contributed by atoms with Crippen LogP contribution in [0.3, 0.4) is 0 Å². The SMILES string of the molecule is CCC(CCBr)CNC(=O)c1cc(C)on1. The van der Waals surface area contributed by atoms with E-state index in [-0.39, 0.29) is 5.91 Å². The first-order valence-corrected chi connectivity index (χ1v) is 6.57. The molecule has 1 unspecified atom stereocenters. The fourth-order valence-electron chi connectivity index (χ4n) is 1.41. The van der Waals surface area contributed by atoms with E-state index in [1.165, 1.54) is 0 Å². The molecule has 1 atom stereocenters. The fourth-order valence-corrected chi connectivity index (χ4v) is 2.05. The lowest BCUT2D eigenvalue weighted by atomic mass is 10.0. The molecule has 1 N–H and O–H groups in total. The van der Waals surface area contributed by atoms with Crippen LogP contribution < -0.4 is 5.32 Å². The van der Waals surface area contributed by atoms with Crippen LogP contribution >= 0.6 is 15.9 Å². The predicted octanol–water partition coefficient (Wildman–Crippen LogP) is 2.52. The van der Waals surface area contributed by atoms with Gasteiger partial charge in [0.1, 0.15) is 5.76 Å². The average Bonchev–Trinajstić information content (AvgIpc) is 2.70. The van der Waals surface area contributed by atoms with Gasteiger partial charge in [-0.15, -0.1) is 0 Å². The van der Waals surface area contributed by atoms with E-state index < -0.39 is 0 Å². The summed E-state index contributed by atoms with van der Waals surface area (Å²) in [7, 11) is 0. The Morgan fingerprint density at radius 2 is 2.44 bits per heavy atom. The number of nitrogens with one attached hydrogen (secondary N) is 1. The fraction of sp³-hybridized carbons (Fsp3) is 0.636. The van der Waals surface area contributed by atoms with Crippen molar-refractivity contribution in [2.24, 2.45) is 5.92 Å². The van der Waals surface area contributed by atoms with E-state index in [2.05, 4.69) is 33.3 Å². The zero-order valence-electron chi connectivity index (χ0n) is 9.62. The lowest BCUT2D eigenvalue weighted by molar-refractivity contribution is 0.0937. The third kappa shape index (κ3) is 3.96. The van der Waals surface area contributed by atoms with Gasteiger partial charge in [-0.3, -0.25) is 4.79 Å². The van der Waals surface area contributed by atoms with Gasteiger partial charge in [-0.05, 0) is 19.3 Å². The van der Waals surface area contributed by atoms with Gasteiger partial charge in [0, 0.05) is 17.9 Å². The number of carbonyl (C=O) groups excluding carboxylic acids is 1. The Labute approximate surface area is 104 Å². The molecule has 16 heavy (non-hydrogen) atoms. The average molecular weight is 289 g/mol. The Bertz CT molecular complexity index is 338. The van der Waals surface area contributed by atoms with Crippen molar-refractivity contribution >= 4 is 21.8 Å². The molecule has 0 saturated carbocycles. The summed E-state index contributed by atoms with van der Waals surface area (Å²) in [5, 5.41) is 7.50. The summed E-state index contributed by atoms with van der Waals surface area (Å²) in [6.45, 7) is 4.58. The Morgan fingerprint density at radius 1 is 1.69 bits per heavy atom. The summed E-state index contributed by atoms with van der Waals surface area (Å²) < 4.78 is 4.85. The van der Waals surface area contributed by atoms with E-state index in [9.17, 15) is 4.79 Å². The summed E-state index contributed by atoms with van der Waals surface area (Å²) in [5.41, 5.74) is 0.353. The van der Waals surface area contributed by atoms with Crippen molar-refractivity contribution in [3.8, 4) is 0 Å². The molecular weight excluding hydrogens is 272 g/mol. The summed E-state index contributed by atoms with van der Waals surface area (Å²) >= 11 is 3.41. The summed E-state index contributed by atoms with van der Waals surface area (Å²) in [6, 6.07) is 1.64. The van der Waals surface area contributed by atoms with E-state index in [4.69, 9.17) is 4.52 Å². The molecule has 0 saturated heterocycles. The normalized spacial score (nSPS) is 12.4.